The first-order chi connectivity index (χ1) is 12.1. The van der Waals surface area contributed by atoms with Crippen LogP contribution < -0.4 is 5.32 Å². The maximum atomic E-state index is 12.2. The highest BCUT2D eigenvalue weighted by molar-refractivity contribution is 6.30. The van der Waals surface area contributed by atoms with Crippen molar-refractivity contribution >= 4 is 29.6 Å². The predicted octanol–water partition coefficient (Wildman–Crippen LogP) is 3.64. The summed E-state index contributed by atoms with van der Waals surface area (Å²) >= 11 is 5.83. The second-order valence-electron chi connectivity index (χ2n) is 5.39. The third-order valence-electron chi connectivity index (χ3n) is 3.47. The number of esters is 1. The minimum atomic E-state index is -0.732. The zero-order chi connectivity index (χ0) is 18.1. The van der Waals surface area contributed by atoms with Gasteiger partial charge in [0, 0.05) is 17.5 Å². The first-order valence-electron chi connectivity index (χ1n) is 8.03. The Morgan fingerprint density at radius 1 is 1.12 bits per heavy atom. The molecule has 0 aliphatic heterocycles. The van der Waals surface area contributed by atoms with Crippen LogP contribution in [0.4, 0.5) is 0 Å². The Kier molecular flexibility index (Phi) is 7.23. The number of carbonyl (C=O) groups excluding carboxylic acids is 2. The molecule has 0 radical (unpaired) electrons. The van der Waals surface area contributed by atoms with Crippen LogP contribution in [0.5, 0.6) is 0 Å². The summed E-state index contributed by atoms with van der Waals surface area (Å²) in [6.07, 6.45) is 3.43. The van der Waals surface area contributed by atoms with E-state index in [9.17, 15) is 9.59 Å². The summed E-state index contributed by atoms with van der Waals surface area (Å²) in [5.41, 5.74) is 1.79. The highest BCUT2D eigenvalue weighted by Gasteiger charge is 2.21. The van der Waals surface area contributed by atoms with Crippen molar-refractivity contribution in [2.24, 2.45) is 0 Å². The van der Waals surface area contributed by atoms with E-state index in [1.54, 1.807) is 37.3 Å². The summed E-state index contributed by atoms with van der Waals surface area (Å²) in [6, 6.07) is 15.9. The highest BCUT2D eigenvalue weighted by Crippen LogP contribution is 2.10. The fraction of sp³-hybridized carbons (Fsp3) is 0.200. The second-order valence-corrected chi connectivity index (χ2v) is 5.82. The van der Waals surface area contributed by atoms with E-state index in [0.29, 0.717) is 11.4 Å². The maximum absolute atomic E-state index is 12.2. The van der Waals surface area contributed by atoms with Crippen LogP contribution in [0, 0.1) is 0 Å². The maximum Gasteiger partial charge on any atom is 0.328 e. The standard InChI is InChI=1S/C20H20ClNO3/c1-2-25-20(24)18(14-16-6-4-3-5-7-16)22-19(23)13-10-15-8-11-17(21)12-9-15/h3-13,18H,2,14H2,1H3,(H,22,23)/b13-10+/t18-/m1/s1. The molecule has 0 spiro atoms. The van der Waals surface area contributed by atoms with Crippen LogP contribution in [-0.4, -0.2) is 24.5 Å². The van der Waals surface area contributed by atoms with E-state index >= 15 is 0 Å². The number of hydrogen-bond acceptors (Lipinski definition) is 3. The first-order valence-corrected chi connectivity index (χ1v) is 8.41. The molecule has 0 unspecified atom stereocenters. The van der Waals surface area contributed by atoms with Gasteiger partial charge in [-0.15, -0.1) is 0 Å². The minimum Gasteiger partial charge on any atom is -0.464 e. The summed E-state index contributed by atoms with van der Waals surface area (Å²) in [5.74, 6) is -0.802. The molecule has 2 aromatic carbocycles. The highest BCUT2D eigenvalue weighted by atomic mass is 35.5. The third-order valence-corrected chi connectivity index (χ3v) is 3.72. The van der Waals surface area contributed by atoms with Crippen LogP contribution in [0.3, 0.4) is 0 Å². The van der Waals surface area contributed by atoms with E-state index in [2.05, 4.69) is 5.32 Å². The molecule has 0 fully saturated rings. The number of carbonyl (C=O) groups is 2. The van der Waals surface area contributed by atoms with Crippen LogP contribution in [0.25, 0.3) is 6.08 Å². The van der Waals surface area contributed by atoms with E-state index in [1.807, 2.05) is 30.3 Å². The van der Waals surface area contributed by atoms with Crippen molar-refractivity contribution < 1.29 is 14.3 Å². The molecular weight excluding hydrogens is 338 g/mol. The lowest BCUT2D eigenvalue weighted by Crippen LogP contribution is -2.42. The van der Waals surface area contributed by atoms with Gasteiger partial charge in [0.1, 0.15) is 6.04 Å². The molecule has 0 aliphatic rings. The lowest BCUT2D eigenvalue weighted by atomic mass is 10.1. The average molecular weight is 358 g/mol. The number of amides is 1. The Bertz CT molecular complexity index is 726. The van der Waals surface area contributed by atoms with E-state index < -0.39 is 12.0 Å². The van der Waals surface area contributed by atoms with Gasteiger partial charge in [0.15, 0.2) is 0 Å². The topological polar surface area (TPSA) is 55.4 Å². The summed E-state index contributed by atoms with van der Waals surface area (Å²) < 4.78 is 5.06. The van der Waals surface area contributed by atoms with Gasteiger partial charge in [-0.3, -0.25) is 4.79 Å². The molecule has 130 valence electrons. The quantitative estimate of drug-likeness (QED) is 0.608. The molecule has 0 saturated carbocycles. The van der Waals surface area contributed by atoms with Crippen LogP contribution in [0.15, 0.2) is 60.7 Å². The van der Waals surface area contributed by atoms with Gasteiger partial charge in [0.25, 0.3) is 0 Å². The number of rotatable bonds is 7. The number of ether oxygens (including phenoxy) is 1. The zero-order valence-electron chi connectivity index (χ0n) is 13.9. The fourth-order valence-electron chi connectivity index (χ4n) is 2.25. The van der Waals surface area contributed by atoms with Gasteiger partial charge in [-0.1, -0.05) is 54.1 Å². The van der Waals surface area contributed by atoms with Crippen LogP contribution >= 0.6 is 11.6 Å². The van der Waals surface area contributed by atoms with Crippen molar-refractivity contribution in [1.82, 2.24) is 5.32 Å². The molecule has 0 aromatic heterocycles. The van der Waals surface area contributed by atoms with E-state index in [0.717, 1.165) is 11.1 Å². The summed E-state index contributed by atoms with van der Waals surface area (Å²) in [6.45, 7) is 2.00. The van der Waals surface area contributed by atoms with Gasteiger partial charge < -0.3 is 10.1 Å². The van der Waals surface area contributed by atoms with Crippen molar-refractivity contribution in [2.75, 3.05) is 6.61 Å². The van der Waals surface area contributed by atoms with Gasteiger partial charge >= 0.3 is 5.97 Å². The van der Waals surface area contributed by atoms with Gasteiger partial charge in [-0.05, 0) is 36.3 Å². The lowest BCUT2D eigenvalue weighted by molar-refractivity contribution is -0.146. The zero-order valence-corrected chi connectivity index (χ0v) is 14.7. The molecule has 2 aromatic rings. The Morgan fingerprint density at radius 3 is 2.44 bits per heavy atom. The Labute approximate surface area is 152 Å². The van der Waals surface area contributed by atoms with Crippen molar-refractivity contribution in [3.05, 3.63) is 76.8 Å². The Hall–Kier alpha value is -2.59. The van der Waals surface area contributed by atoms with Crippen molar-refractivity contribution in [2.45, 2.75) is 19.4 Å². The molecule has 0 bridgehead atoms. The Balaban J connectivity index is 2.03. The van der Waals surface area contributed by atoms with E-state index in [1.165, 1.54) is 6.08 Å². The predicted molar refractivity (Wildman–Crippen MR) is 99.2 cm³/mol. The molecule has 1 amide bonds. The number of nitrogens with one attached hydrogen (secondary N) is 1. The molecule has 0 saturated heterocycles. The van der Waals surface area contributed by atoms with Crippen molar-refractivity contribution in [1.29, 1.82) is 0 Å². The van der Waals surface area contributed by atoms with E-state index in [4.69, 9.17) is 16.3 Å². The van der Waals surface area contributed by atoms with Crippen molar-refractivity contribution in [3.8, 4) is 0 Å². The molecular formula is C20H20ClNO3. The molecule has 5 heteroatoms. The summed E-state index contributed by atoms with van der Waals surface area (Å²) in [4.78, 5) is 24.3. The molecule has 1 N–H and O–H groups in total. The lowest BCUT2D eigenvalue weighted by Gasteiger charge is -2.16. The molecule has 2 rings (SSSR count). The molecule has 0 aliphatic carbocycles. The second kappa shape index (κ2) is 9.64. The van der Waals surface area contributed by atoms with Crippen LogP contribution in [-0.2, 0) is 20.7 Å². The van der Waals surface area contributed by atoms with Gasteiger partial charge in [-0.2, -0.15) is 0 Å². The van der Waals surface area contributed by atoms with Gasteiger partial charge in [-0.25, -0.2) is 4.79 Å². The SMILES string of the molecule is CCOC(=O)[C@@H](Cc1ccccc1)NC(=O)/C=C/c1ccc(Cl)cc1. The average Bonchev–Trinajstić information content (AvgIpc) is 2.62. The summed E-state index contributed by atoms with van der Waals surface area (Å²) in [7, 11) is 0. The fourth-order valence-corrected chi connectivity index (χ4v) is 2.38. The van der Waals surface area contributed by atoms with E-state index in [-0.39, 0.29) is 12.5 Å². The molecule has 4 nitrogen and oxygen atoms in total. The normalized spacial score (nSPS) is 11.9. The minimum absolute atomic E-state index is 0.264. The molecule has 25 heavy (non-hydrogen) atoms. The van der Waals surface area contributed by atoms with Crippen molar-refractivity contribution in [3.63, 3.8) is 0 Å². The van der Waals surface area contributed by atoms with Crippen LogP contribution in [0.2, 0.25) is 5.02 Å². The number of benzene rings is 2. The summed E-state index contributed by atoms with van der Waals surface area (Å²) in [5, 5.41) is 3.34. The number of halogens is 1. The van der Waals surface area contributed by atoms with Gasteiger partial charge in [0.05, 0.1) is 6.61 Å². The molecule has 0 heterocycles. The Morgan fingerprint density at radius 2 is 1.80 bits per heavy atom. The van der Waals surface area contributed by atoms with Crippen LogP contribution in [0.1, 0.15) is 18.1 Å². The largest absolute Gasteiger partial charge is 0.464 e. The molecule has 1 atom stereocenters. The van der Waals surface area contributed by atoms with Gasteiger partial charge in [0.2, 0.25) is 5.91 Å². The first kappa shape index (κ1) is 18.7. The smallest absolute Gasteiger partial charge is 0.328 e. The third kappa shape index (κ3) is 6.43. The number of hydrogen-bond donors (Lipinski definition) is 1. The monoisotopic (exact) mass is 357 g/mol.